The Hall–Kier alpha value is -0.610. The zero-order valence-corrected chi connectivity index (χ0v) is 13.3. The van der Waals surface area contributed by atoms with Gasteiger partial charge in [0.05, 0.1) is 0 Å². The molecule has 1 heterocycles. The number of anilines is 1. The van der Waals surface area contributed by atoms with Gasteiger partial charge in [0.2, 0.25) is 0 Å². The fourth-order valence-corrected chi connectivity index (χ4v) is 3.29. The van der Waals surface area contributed by atoms with E-state index in [1.807, 2.05) is 12.1 Å². The standard InChI is InChI=1S/C14H19BrN2S/c1-14(2)6-8-17(9-7-14)11-5-3-4-10(15)12(11)13(16)18/h3-5H,6-9H2,1-2H3,(H2,16,18). The Morgan fingerprint density at radius 1 is 1.33 bits per heavy atom. The van der Waals surface area contributed by atoms with E-state index in [-0.39, 0.29) is 0 Å². The molecule has 1 aliphatic heterocycles. The van der Waals surface area contributed by atoms with Crippen LogP contribution in [0.15, 0.2) is 22.7 Å². The molecule has 0 spiro atoms. The predicted molar refractivity (Wildman–Crippen MR) is 85.3 cm³/mol. The normalized spacial score (nSPS) is 18.7. The molecule has 0 amide bonds. The van der Waals surface area contributed by atoms with Crippen molar-refractivity contribution in [3.63, 3.8) is 0 Å². The van der Waals surface area contributed by atoms with Crippen LogP contribution < -0.4 is 10.6 Å². The van der Waals surface area contributed by atoms with Crippen molar-refractivity contribution in [1.29, 1.82) is 0 Å². The van der Waals surface area contributed by atoms with E-state index in [2.05, 4.69) is 40.7 Å². The molecule has 1 aromatic carbocycles. The number of thiocarbonyl (C=S) groups is 1. The largest absolute Gasteiger partial charge is 0.389 e. The molecule has 1 saturated heterocycles. The minimum absolute atomic E-state index is 0.450. The molecule has 2 N–H and O–H groups in total. The van der Waals surface area contributed by atoms with Crippen LogP contribution in [0.1, 0.15) is 32.3 Å². The Labute approximate surface area is 123 Å². The molecule has 18 heavy (non-hydrogen) atoms. The molecule has 0 radical (unpaired) electrons. The minimum atomic E-state index is 0.450. The molecule has 0 aliphatic carbocycles. The number of nitrogens with zero attached hydrogens (tertiary/aromatic N) is 1. The monoisotopic (exact) mass is 326 g/mol. The van der Waals surface area contributed by atoms with Gasteiger partial charge in [0.25, 0.3) is 0 Å². The van der Waals surface area contributed by atoms with Crippen molar-refractivity contribution in [3.8, 4) is 0 Å². The van der Waals surface area contributed by atoms with Gasteiger partial charge < -0.3 is 10.6 Å². The molecular formula is C14H19BrN2S. The third-order valence-corrected chi connectivity index (χ3v) is 4.56. The molecule has 4 heteroatoms. The zero-order chi connectivity index (χ0) is 13.3. The summed E-state index contributed by atoms with van der Waals surface area (Å²) in [5, 5.41) is 0. The summed E-state index contributed by atoms with van der Waals surface area (Å²) in [6.45, 7) is 6.80. The van der Waals surface area contributed by atoms with Gasteiger partial charge in [-0.2, -0.15) is 0 Å². The second-order valence-corrected chi connectivity index (χ2v) is 6.94. The summed E-state index contributed by atoms with van der Waals surface area (Å²) >= 11 is 8.72. The molecule has 98 valence electrons. The molecule has 1 fully saturated rings. The molecule has 1 aromatic rings. The van der Waals surface area contributed by atoms with Crippen LogP contribution >= 0.6 is 28.1 Å². The summed E-state index contributed by atoms with van der Waals surface area (Å²) in [7, 11) is 0. The molecule has 2 nitrogen and oxygen atoms in total. The quantitative estimate of drug-likeness (QED) is 0.840. The van der Waals surface area contributed by atoms with E-state index in [0.29, 0.717) is 10.4 Å². The van der Waals surface area contributed by atoms with Crippen LogP contribution in [-0.4, -0.2) is 18.1 Å². The maximum atomic E-state index is 5.85. The Morgan fingerprint density at radius 2 is 1.94 bits per heavy atom. The predicted octanol–water partition coefficient (Wildman–Crippen LogP) is 3.71. The second-order valence-electron chi connectivity index (χ2n) is 5.65. The van der Waals surface area contributed by atoms with E-state index in [4.69, 9.17) is 18.0 Å². The smallest absolute Gasteiger partial charge is 0.107 e. The summed E-state index contributed by atoms with van der Waals surface area (Å²) in [6, 6.07) is 6.14. The van der Waals surface area contributed by atoms with Crippen molar-refractivity contribution >= 4 is 38.8 Å². The van der Waals surface area contributed by atoms with Gasteiger partial charge in [-0.1, -0.05) is 32.1 Å². The number of hydrogen-bond acceptors (Lipinski definition) is 2. The van der Waals surface area contributed by atoms with E-state index in [1.54, 1.807) is 0 Å². The SMILES string of the molecule is CC1(C)CCN(c2cccc(Br)c2C(N)=S)CC1. The van der Waals surface area contributed by atoms with Gasteiger partial charge in [0.15, 0.2) is 0 Å². The van der Waals surface area contributed by atoms with Gasteiger partial charge in [-0.05, 0) is 46.3 Å². The highest BCUT2D eigenvalue weighted by Crippen LogP contribution is 2.35. The summed E-state index contributed by atoms with van der Waals surface area (Å²) in [5.74, 6) is 0. The molecule has 0 saturated carbocycles. The molecule has 0 atom stereocenters. The van der Waals surface area contributed by atoms with Crippen LogP contribution in [0.3, 0.4) is 0 Å². The highest BCUT2D eigenvalue weighted by Gasteiger charge is 2.27. The summed E-state index contributed by atoms with van der Waals surface area (Å²) in [6.07, 6.45) is 2.41. The first-order chi connectivity index (χ1) is 8.41. The first kappa shape index (κ1) is 13.8. The van der Waals surface area contributed by atoms with Crippen molar-refractivity contribution in [2.45, 2.75) is 26.7 Å². The van der Waals surface area contributed by atoms with Gasteiger partial charge in [-0.3, -0.25) is 0 Å². The number of halogens is 1. The number of hydrogen-bond donors (Lipinski definition) is 1. The first-order valence-corrected chi connectivity index (χ1v) is 7.44. The molecule has 2 rings (SSSR count). The van der Waals surface area contributed by atoms with Crippen LogP contribution in [0.25, 0.3) is 0 Å². The second kappa shape index (κ2) is 5.17. The Kier molecular flexibility index (Phi) is 3.97. The average Bonchev–Trinajstić information content (AvgIpc) is 2.28. The highest BCUT2D eigenvalue weighted by atomic mass is 79.9. The maximum Gasteiger partial charge on any atom is 0.107 e. The van der Waals surface area contributed by atoms with Crippen molar-refractivity contribution in [2.75, 3.05) is 18.0 Å². The van der Waals surface area contributed by atoms with Crippen LogP contribution in [0, 0.1) is 5.41 Å². The third kappa shape index (κ3) is 2.86. The van der Waals surface area contributed by atoms with Crippen molar-refractivity contribution in [2.24, 2.45) is 11.1 Å². The lowest BCUT2D eigenvalue weighted by Crippen LogP contribution is -2.38. The molecule has 0 unspecified atom stereocenters. The lowest BCUT2D eigenvalue weighted by Gasteiger charge is -2.39. The van der Waals surface area contributed by atoms with Gasteiger partial charge in [0.1, 0.15) is 4.99 Å². The lowest BCUT2D eigenvalue weighted by molar-refractivity contribution is 0.280. The number of benzene rings is 1. The zero-order valence-electron chi connectivity index (χ0n) is 10.9. The Balaban J connectivity index is 2.30. The fourth-order valence-electron chi connectivity index (χ4n) is 2.37. The number of rotatable bonds is 2. The van der Waals surface area contributed by atoms with E-state index in [1.165, 1.54) is 12.8 Å². The topological polar surface area (TPSA) is 29.3 Å². The van der Waals surface area contributed by atoms with E-state index in [9.17, 15) is 0 Å². The number of nitrogens with two attached hydrogens (primary N) is 1. The molecule has 0 aromatic heterocycles. The van der Waals surface area contributed by atoms with Gasteiger partial charge >= 0.3 is 0 Å². The van der Waals surface area contributed by atoms with Crippen LogP contribution in [0.4, 0.5) is 5.69 Å². The van der Waals surface area contributed by atoms with Crippen molar-refractivity contribution in [1.82, 2.24) is 0 Å². The Bertz CT molecular complexity index is 461. The summed E-state index contributed by atoms with van der Waals surface area (Å²) in [4.78, 5) is 2.85. The number of piperidine rings is 1. The average molecular weight is 327 g/mol. The van der Waals surface area contributed by atoms with Crippen LogP contribution in [0.2, 0.25) is 0 Å². The summed E-state index contributed by atoms with van der Waals surface area (Å²) < 4.78 is 0.984. The van der Waals surface area contributed by atoms with Gasteiger partial charge in [0, 0.05) is 28.8 Å². The molecule has 1 aliphatic rings. The van der Waals surface area contributed by atoms with Gasteiger partial charge in [-0.25, -0.2) is 0 Å². The van der Waals surface area contributed by atoms with E-state index >= 15 is 0 Å². The lowest BCUT2D eigenvalue weighted by atomic mass is 9.82. The van der Waals surface area contributed by atoms with Crippen molar-refractivity contribution in [3.05, 3.63) is 28.2 Å². The van der Waals surface area contributed by atoms with E-state index in [0.717, 1.165) is 28.8 Å². The molecule has 0 bridgehead atoms. The third-order valence-electron chi connectivity index (χ3n) is 3.70. The maximum absolute atomic E-state index is 5.85. The van der Waals surface area contributed by atoms with E-state index < -0.39 is 0 Å². The Morgan fingerprint density at radius 3 is 2.50 bits per heavy atom. The molecular weight excluding hydrogens is 308 g/mol. The summed E-state index contributed by atoms with van der Waals surface area (Å²) in [5.41, 5.74) is 8.43. The van der Waals surface area contributed by atoms with Crippen LogP contribution in [0.5, 0.6) is 0 Å². The first-order valence-electron chi connectivity index (χ1n) is 6.24. The fraction of sp³-hybridized carbons (Fsp3) is 0.500. The van der Waals surface area contributed by atoms with Crippen molar-refractivity contribution < 1.29 is 0 Å². The highest BCUT2D eigenvalue weighted by molar-refractivity contribution is 9.10. The van der Waals surface area contributed by atoms with Crippen LogP contribution in [-0.2, 0) is 0 Å². The minimum Gasteiger partial charge on any atom is -0.389 e. The van der Waals surface area contributed by atoms with Gasteiger partial charge in [-0.15, -0.1) is 0 Å².